The van der Waals surface area contributed by atoms with Crippen molar-refractivity contribution in [2.45, 2.75) is 39.4 Å². The van der Waals surface area contributed by atoms with E-state index in [2.05, 4.69) is 59.4 Å². The summed E-state index contributed by atoms with van der Waals surface area (Å²) in [6.45, 7) is 8.54. The minimum Gasteiger partial charge on any atom is -0.315 e. The van der Waals surface area contributed by atoms with Gasteiger partial charge in [-0.05, 0) is 55.6 Å². The first kappa shape index (κ1) is 15.2. The normalized spacial score (nSPS) is 18.0. The summed E-state index contributed by atoms with van der Waals surface area (Å²) >= 11 is 0. The first-order valence-electron chi connectivity index (χ1n) is 8.14. The Bertz CT molecular complexity index is 603. The van der Waals surface area contributed by atoms with E-state index in [9.17, 15) is 0 Å². The highest BCUT2D eigenvalue weighted by atomic mass is 15.2. The number of benzene rings is 1. The maximum absolute atomic E-state index is 4.51. The van der Waals surface area contributed by atoms with Crippen LogP contribution in [-0.4, -0.2) is 29.0 Å². The van der Waals surface area contributed by atoms with Crippen LogP contribution in [0.2, 0.25) is 0 Å². The molecule has 22 heavy (non-hydrogen) atoms. The molecular formula is C19H25N3. The molecule has 0 unspecified atom stereocenters. The second-order valence-electron chi connectivity index (χ2n) is 6.23. The van der Waals surface area contributed by atoms with Crippen LogP contribution in [0.3, 0.4) is 0 Å². The molecule has 0 saturated carbocycles. The molecule has 0 bridgehead atoms. The first-order valence-corrected chi connectivity index (χ1v) is 8.14. The van der Waals surface area contributed by atoms with Crippen molar-refractivity contribution in [3.63, 3.8) is 0 Å². The monoisotopic (exact) mass is 295 g/mol. The second-order valence-corrected chi connectivity index (χ2v) is 6.23. The minimum absolute atomic E-state index is 0.599. The predicted octanol–water partition coefficient (Wildman–Crippen LogP) is 3.06. The van der Waals surface area contributed by atoms with Gasteiger partial charge in [0.15, 0.2) is 0 Å². The molecule has 2 aromatic rings. The fourth-order valence-corrected chi connectivity index (χ4v) is 3.17. The molecule has 1 N–H and O–H groups in total. The van der Waals surface area contributed by atoms with Gasteiger partial charge in [-0.2, -0.15) is 0 Å². The molecular weight excluding hydrogens is 270 g/mol. The van der Waals surface area contributed by atoms with E-state index in [1.807, 2.05) is 12.3 Å². The first-order chi connectivity index (χ1) is 10.7. The number of pyridine rings is 1. The highest BCUT2D eigenvalue weighted by Gasteiger charge is 2.23. The lowest BCUT2D eigenvalue weighted by atomic mass is 10.0. The van der Waals surface area contributed by atoms with Gasteiger partial charge in [0.1, 0.15) is 0 Å². The third kappa shape index (κ3) is 3.54. The van der Waals surface area contributed by atoms with Gasteiger partial charge in [-0.25, -0.2) is 0 Å². The quantitative estimate of drug-likeness (QED) is 0.919. The van der Waals surface area contributed by atoms with Gasteiger partial charge >= 0.3 is 0 Å². The van der Waals surface area contributed by atoms with E-state index in [-0.39, 0.29) is 0 Å². The van der Waals surface area contributed by atoms with E-state index in [0.717, 1.165) is 31.9 Å². The Labute approximate surface area is 133 Å². The van der Waals surface area contributed by atoms with Crippen LogP contribution < -0.4 is 5.32 Å². The van der Waals surface area contributed by atoms with Crippen molar-refractivity contribution in [3.8, 4) is 0 Å². The number of hydrogen-bond donors (Lipinski definition) is 1. The fraction of sp³-hybridized carbons (Fsp3) is 0.421. The van der Waals surface area contributed by atoms with E-state index >= 15 is 0 Å². The lowest BCUT2D eigenvalue weighted by molar-refractivity contribution is 0.187. The maximum atomic E-state index is 4.51. The standard InChI is InChI=1S/C19H25N3/c1-15-6-5-7-17(16(15)2)13-22(19-9-11-20-12-19)14-18-8-3-4-10-21-18/h3-8,10,19-20H,9,11-14H2,1-2H3/t19-/m0/s1. The zero-order chi connectivity index (χ0) is 15.4. The van der Waals surface area contributed by atoms with E-state index in [4.69, 9.17) is 0 Å². The topological polar surface area (TPSA) is 28.2 Å². The van der Waals surface area contributed by atoms with Crippen LogP contribution in [0.1, 0.15) is 28.8 Å². The molecule has 3 rings (SSSR count). The van der Waals surface area contributed by atoms with Gasteiger partial charge in [-0.15, -0.1) is 0 Å². The molecule has 0 spiro atoms. The number of nitrogens with zero attached hydrogens (tertiary/aromatic N) is 2. The van der Waals surface area contributed by atoms with Gasteiger partial charge in [0, 0.05) is 31.9 Å². The molecule has 3 nitrogen and oxygen atoms in total. The van der Waals surface area contributed by atoms with Crippen LogP contribution >= 0.6 is 0 Å². The molecule has 1 aliphatic heterocycles. The van der Waals surface area contributed by atoms with Crippen molar-refractivity contribution in [2.24, 2.45) is 0 Å². The van der Waals surface area contributed by atoms with Gasteiger partial charge < -0.3 is 5.32 Å². The smallest absolute Gasteiger partial charge is 0.0544 e. The number of hydrogen-bond acceptors (Lipinski definition) is 3. The average Bonchev–Trinajstić information content (AvgIpc) is 3.06. The molecule has 1 fully saturated rings. The summed E-state index contributed by atoms with van der Waals surface area (Å²) in [5, 5.41) is 3.49. The van der Waals surface area contributed by atoms with E-state index in [0.29, 0.717) is 6.04 Å². The van der Waals surface area contributed by atoms with Crippen LogP contribution in [0.4, 0.5) is 0 Å². The van der Waals surface area contributed by atoms with E-state index in [1.54, 1.807) is 0 Å². The zero-order valence-corrected chi connectivity index (χ0v) is 13.5. The third-order valence-electron chi connectivity index (χ3n) is 4.73. The molecule has 2 heterocycles. The Hall–Kier alpha value is -1.71. The van der Waals surface area contributed by atoms with Gasteiger partial charge in [0.25, 0.3) is 0 Å². The fourth-order valence-electron chi connectivity index (χ4n) is 3.17. The Morgan fingerprint density at radius 2 is 2.05 bits per heavy atom. The van der Waals surface area contributed by atoms with Crippen molar-refractivity contribution < 1.29 is 0 Å². The summed E-state index contributed by atoms with van der Waals surface area (Å²) in [6.07, 6.45) is 3.11. The van der Waals surface area contributed by atoms with Crippen molar-refractivity contribution in [1.29, 1.82) is 0 Å². The summed E-state index contributed by atoms with van der Waals surface area (Å²) in [7, 11) is 0. The maximum Gasteiger partial charge on any atom is 0.0544 e. The van der Waals surface area contributed by atoms with Crippen LogP contribution in [0.5, 0.6) is 0 Å². The molecule has 1 saturated heterocycles. The van der Waals surface area contributed by atoms with Gasteiger partial charge in [0.05, 0.1) is 5.69 Å². The van der Waals surface area contributed by atoms with Gasteiger partial charge in [-0.1, -0.05) is 24.3 Å². The highest BCUT2D eigenvalue weighted by molar-refractivity contribution is 5.33. The minimum atomic E-state index is 0.599. The number of nitrogens with one attached hydrogen (secondary N) is 1. The van der Waals surface area contributed by atoms with Crippen molar-refractivity contribution >= 4 is 0 Å². The van der Waals surface area contributed by atoms with E-state index < -0.39 is 0 Å². The summed E-state index contributed by atoms with van der Waals surface area (Å²) < 4.78 is 0. The molecule has 116 valence electrons. The summed E-state index contributed by atoms with van der Waals surface area (Å²) in [4.78, 5) is 7.08. The number of aromatic nitrogens is 1. The Kier molecular flexibility index (Phi) is 4.86. The Balaban J connectivity index is 1.80. The van der Waals surface area contributed by atoms with E-state index in [1.165, 1.54) is 23.1 Å². The molecule has 3 heteroatoms. The molecule has 1 aromatic heterocycles. The summed E-state index contributed by atoms with van der Waals surface area (Å²) in [5.41, 5.74) is 5.38. The zero-order valence-electron chi connectivity index (χ0n) is 13.5. The predicted molar refractivity (Wildman–Crippen MR) is 90.7 cm³/mol. The van der Waals surface area contributed by atoms with Crippen LogP contribution in [0.25, 0.3) is 0 Å². The van der Waals surface area contributed by atoms with Crippen molar-refractivity contribution in [3.05, 3.63) is 65.0 Å². The number of rotatable bonds is 5. The molecule has 1 aliphatic rings. The Morgan fingerprint density at radius 3 is 2.77 bits per heavy atom. The SMILES string of the molecule is Cc1cccc(CN(Cc2ccccn2)[C@H]2CCNC2)c1C. The van der Waals surface area contributed by atoms with Gasteiger partial charge in [0.2, 0.25) is 0 Å². The second kappa shape index (κ2) is 7.03. The van der Waals surface area contributed by atoms with Crippen LogP contribution in [-0.2, 0) is 13.1 Å². The molecule has 0 radical (unpaired) electrons. The summed E-state index contributed by atoms with van der Waals surface area (Å²) in [6, 6.07) is 13.4. The number of aryl methyl sites for hydroxylation is 1. The highest BCUT2D eigenvalue weighted by Crippen LogP contribution is 2.20. The van der Waals surface area contributed by atoms with Crippen LogP contribution in [0.15, 0.2) is 42.6 Å². The van der Waals surface area contributed by atoms with Gasteiger partial charge in [-0.3, -0.25) is 9.88 Å². The molecule has 0 amide bonds. The lowest BCUT2D eigenvalue weighted by Gasteiger charge is -2.29. The summed E-state index contributed by atoms with van der Waals surface area (Å²) in [5.74, 6) is 0. The van der Waals surface area contributed by atoms with Crippen molar-refractivity contribution in [2.75, 3.05) is 13.1 Å². The van der Waals surface area contributed by atoms with Crippen molar-refractivity contribution in [1.82, 2.24) is 15.2 Å². The average molecular weight is 295 g/mol. The van der Waals surface area contributed by atoms with Crippen LogP contribution in [0, 0.1) is 13.8 Å². The Morgan fingerprint density at radius 1 is 1.14 bits per heavy atom. The lowest BCUT2D eigenvalue weighted by Crippen LogP contribution is -2.36. The largest absolute Gasteiger partial charge is 0.315 e. The molecule has 1 aromatic carbocycles. The molecule has 0 aliphatic carbocycles. The molecule has 1 atom stereocenters. The third-order valence-corrected chi connectivity index (χ3v) is 4.73.